The third kappa shape index (κ3) is 7.70. The minimum atomic E-state index is -0.331. The van der Waals surface area contributed by atoms with E-state index < -0.39 is 0 Å². The van der Waals surface area contributed by atoms with Crippen LogP contribution >= 0.6 is 0 Å². The molecular weight excluding hydrogens is 474 g/mol. The number of likely N-dealkylation sites (tertiary alicyclic amines) is 1. The number of piperidine rings is 1. The maximum absolute atomic E-state index is 13.7. The number of hydrogen-bond donors (Lipinski definition) is 1. The van der Waals surface area contributed by atoms with Crippen LogP contribution in [0.2, 0.25) is 0 Å². The fourth-order valence-corrected chi connectivity index (χ4v) is 6.34. The summed E-state index contributed by atoms with van der Waals surface area (Å²) in [5, 5.41) is 3.17. The molecule has 0 saturated carbocycles. The van der Waals surface area contributed by atoms with Crippen LogP contribution in [0.15, 0.2) is 41.5 Å². The van der Waals surface area contributed by atoms with E-state index in [2.05, 4.69) is 24.4 Å². The third-order valence-corrected chi connectivity index (χ3v) is 8.66. The van der Waals surface area contributed by atoms with Crippen molar-refractivity contribution in [2.45, 2.75) is 90.4 Å². The molecule has 2 heterocycles. The van der Waals surface area contributed by atoms with Gasteiger partial charge in [0.05, 0.1) is 11.8 Å². The molecule has 3 aliphatic rings. The molecule has 3 amide bonds. The van der Waals surface area contributed by atoms with E-state index >= 15 is 0 Å². The standard InChI is InChI=1S/C32H47N3O3/c1-2-3-4-5-6-11-18-33-31(37)28-21-26-23-35(30(36)17-16-25-14-9-7-10-15-25)24-27(26)22-29(28)32(38)34-19-12-8-13-20-34/h7,9-10,14-15,28-29H,2-6,8,11-13,16-24H2,1H3,(H,33,37)/t28-,29+/m1/s1. The summed E-state index contributed by atoms with van der Waals surface area (Å²) in [5.41, 5.74) is 3.60. The molecule has 1 N–H and O–H groups in total. The number of rotatable bonds is 12. The molecule has 4 rings (SSSR count). The highest BCUT2D eigenvalue weighted by Crippen LogP contribution is 2.40. The van der Waals surface area contributed by atoms with Gasteiger partial charge in [0.2, 0.25) is 17.7 Å². The zero-order valence-corrected chi connectivity index (χ0v) is 23.4. The largest absolute Gasteiger partial charge is 0.356 e. The fourth-order valence-electron chi connectivity index (χ4n) is 6.34. The summed E-state index contributed by atoms with van der Waals surface area (Å²) in [4.78, 5) is 44.0. The number of unbranched alkanes of at least 4 members (excludes halogenated alkanes) is 5. The molecule has 1 aromatic rings. The number of aryl methyl sites for hydroxylation is 1. The molecule has 1 fully saturated rings. The van der Waals surface area contributed by atoms with Crippen LogP contribution in [-0.4, -0.2) is 60.2 Å². The van der Waals surface area contributed by atoms with Gasteiger partial charge in [0, 0.05) is 39.1 Å². The molecule has 0 radical (unpaired) electrons. The molecule has 208 valence electrons. The minimum absolute atomic E-state index is 0.0225. The summed E-state index contributed by atoms with van der Waals surface area (Å²) in [6.07, 6.45) is 12.8. The summed E-state index contributed by atoms with van der Waals surface area (Å²) in [6.45, 7) is 5.72. The van der Waals surface area contributed by atoms with Crippen molar-refractivity contribution in [2.75, 3.05) is 32.7 Å². The van der Waals surface area contributed by atoms with Crippen molar-refractivity contribution in [3.05, 3.63) is 47.0 Å². The molecular formula is C32H47N3O3. The van der Waals surface area contributed by atoms with Gasteiger partial charge < -0.3 is 15.1 Å². The second-order valence-corrected chi connectivity index (χ2v) is 11.5. The number of benzene rings is 1. The van der Waals surface area contributed by atoms with Crippen LogP contribution in [-0.2, 0) is 20.8 Å². The van der Waals surface area contributed by atoms with E-state index in [1.165, 1.54) is 48.8 Å². The van der Waals surface area contributed by atoms with Crippen molar-refractivity contribution in [1.29, 1.82) is 0 Å². The van der Waals surface area contributed by atoms with E-state index in [-0.39, 0.29) is 29.6 Å². The molecule has 0 aromatic heterocycles. The molecule has 0 bridgehead atoms. The van der Waals surface area contributed by atoms with Gasteiger partial charge in [0.15, 0.2) is 0 Å². The van der Waals surface area contributed by atoms with Crippen molar-refractivity contribution in [3.63, 3.8) is 0 Å². The van der Waals surface area contributed by atoms with Crippen molar-refractivity contribution < 1.29 is 14.4 Å². The van der Waals surface area contributed by atoms with Gasteiger partial charge in [-0.1, -0.05) is 69.4 Å². The zero-order valence-electron chi connectivity index (χ0n) is 23.4. The summed E-state index contributed by atoms with van der Waals surface area (Å²) in [6, 6.07) is 10.1. The first-order valence-electron chi connectivity index (χ1n) is 15.1. The molecule has 2 aliphatic heterocycles. The number of hydrogen-bond acceptors (Lipinski definition) is 3. The Balaban J connectivity index is 1.35. The van der Waals surface area contributed by atoms with Gasteiger partial charge in [-0.25, -0.2) is 0 Å². The van der Waals surface area contributed by atoms with Gasteiger partial charge in [-0.05, 0) is 61.7 Å². The number of nitrogens with one attached hydrogen (secondary N) is 1. The predicted octanol–water partition coefficient (Wildman–Crippen LogP) is 5.27. The number of carbonyl (C=O) groups is 3. The van der Waals surface area contributed by atoms with E-state index in [0.717, 1.165) is 45.2 Å². The van der Waals surface area contributed by atoms with Crippen molar-refractivity contribution in [1.82, 2.24) is 15.1 Å². The molecule has 6 heteroatoms. The van der Waals surface area contributed by atoms with Crippen LogP contribution in [0.5, 0.6) is 0 Å². The van der Waals surface area contributed by atoms with Gasteiger partial charge in [-0.15, -0.1) is 0 Å². The average Bonchev–Trinajstić information content (AvgIpc) is 3.38. The summed E-state index contributed by atoms with van der Waals surface area (Å²) in [5.74, 6) is -0.316. The lowest BCUT2D eigenvalue weighted by Gasteiger charge is -2.36. The Labute approximate surface area is 229 Å². The zero-order chi connectivity index (χ0) is 26.7. The molecule has 6 nitrogen and oxygen atoms in total. The second-order valence-electron chi connectivity index (χ2n) is 11.5. The average molecular weight is 522 g/mol. The van der Waals surface area contributed by atoms with Gasteiger partial charge in [-0.3, -0.25) is 14.4 Å². The first kappa shape index (κ1) is 28.4. The Kier molecular flexibility index (Phi) is 10.8. The lowest BCUT2D eigenvalue weighted by Crippen LogP contribution is -2.47. The van der Waals surface area contributed by atoms with Crippen LogP contribution in [0.3, 0.4) is 0 Å². The smallest absolute Gasteiger partial charge is 0.226 e. The topological polar surface area (TPSA) is 69.7 Å². The molecule has 2 atom stereocenters. The Bertz CT molecular complexity index is 967. The van der Waals surface area contributed by atoms with Crippen molar-refractivity contribution >= 4 is 17.7 Å². The molecule has 1 aromatic carbocycles. The number of nitrogens with zero attached hydrogens (tertiary/aromatic N) is 2. The Morgan fingerprint density at radius 3 is 2.18 bits per heavy atom. The van der Waals surface area contributed by atoms with E-state index in [1.807, 2.05) is 28.0 Å². The monoisotopic (exact) mass is 521 g/mol. The normalized spacial score (nSPS) is 21.4. The van der Waals surface area contributed by atoms with Gasteiger partial charge in [0.25, 0.3) is 0 Å². The lowest BCUT2D eigenvalue weighted by atomic mass is 9.75. The molecule has 0 spiro atoms. The van der Waals surface area contributed by atoms with Gasteiger partial charge in [0.1, 0.15) is 0 Å². The Morgan fingerprint density at radius 1 is 0.816 bits per heavy atom. The maximum atomic E-state index is 13.7. The third-order valence-electron chi connectivity index (χ3n) is 8.66. The lowest BCUT2D eigenvalue weighted by molar-refractivity contribution is -0.143. The minimum Gasteiger partial charge on any atom is -0.356 e. The molecule has 1 saturated heterocycles. The predicted molar refractivity (Wildman–Crippen MR) is 151 cm³/mol. The molecule has 38 heavy (non-hydrogen) atoms. The van der Waals surface area contributed by atoms with Crippen molar-refractivity contribution in [2.24, 2.45) is 11.8 Å². The van der Waals surface area contributed by atoms with Crippen LogP contribution in [0.1, 0.15) is 89.5 Å². The highest BCUT2D eigenvalue weighted by atomic mass is 16.2. The van der Waals surface area contributed by atoms with Crippen LogP contribution in [0.4, 0.5) is 0 Å². The van der Waals surface area contributed by atoms with E-state index in [1.54, 1.807) is 0 Å². The second kappa shape index (κ2) is 14.5. The summed E-state index contributed by atoms with van der Waals surface area (Å²) in [7, 11) is 0. The first-order chi connectivity index (χ1) is 18.6. The van der Waals surface area contributed by atoms with Crippen molar-refractivity contribution in [3.8, 4) is 0 Å². The maximum Gasteiger partial charge on any atom is 0.226 e. The van der Waals surface area contributed by atoms with E-state index in [9.17, 15) is 14.4 Å². The fraction of sp³-hybridized carbons (Fsp3) is 0.656. The highest BCUT2D eigenvalue weighted by Gasteiger charge is 2.43. The van der Waals surface area contributed by atoms with Gasteiger partial charge >= 0.3 is 0 Å². The Hall–Kier alpha value is -2.63. The molecule has 1 aliphatic carbocycles. The van der Waals surface area contributed by atoms with Crippen LogP contribution in [0.25, 0.3) is 0 Å². The van der Waals surface area contributed by atoms with E-state index in [4.69, 9.17) is 0 Å². The number of carbonyl (C=O) groups excluding carboxylic acids is 3. The Morgan fingerprint density at radius 2 is 1.47 bits per heavy atom. The van der Waals surface area contributed by atoms with Crippen LogP contribution < -0.4 is 5.32 Å². The SMILES string of the molecule is CCCCCCCCNC(=O)[C@@H]1CC2=C(C[C@@H]1C(=O)N1CCCCC1)CN(C(=O)CCc1ccccc1)C2. The summed E-state index contributed by atoms with van der Waals surface area (Å²) < 4.78 is 0. The first-order valence-corrected chi connectivity index (χ1v) is 15.1. The highest BCUT2D eigenvalue weighted by molar-refractivity contribution is 5.89. The van der Waals surface area contributed by atoms with E-state index in [0.29, 0.717) is 38.9 Å². The number of amides is 3. The van der Waals surface area contributed by atoms with Gasteiger partial charge in [-0.2, -0.15) is 0 Å². The molecule has 0 unspecified atom stereocenters. The van der Waals surface area contributed by atoms with Crippen LogP contribution in [0, 0.1) is 11.8 Å². The quantitative estimate of drug-likeness (QED) is 0.301. The summed E-state index contributed by atoms with van der Waals surface area (Å²) >= 11 is 0.